The molecule has 1 aromatic heterocycles. The van der Waals surface area contributed by atoms with Crippen LogP contribution in [0.2, 0.25) is 0 Å². The lowest BCUT2D eigenvalue weighted by Crippen LogP contribution is -2.28. The summed E-state index contributed by atoms with van der Waals surface area (Å²) in [7, 11) is -4.27. The summed E-state index contributed by atoms with van der Waals surface area (Å²) in [5, 5.41) is 13.5. The van der Waals surface area contributed by atoms with Gasteiger partial charge in [-0.15, -0.1) is 5.10 Å². The first-order valence-electron chi connectivity index (χ1n) is 7.64. The Morgan fingerprint density at radius 2 is 1.72 bits per heavy atom. The molecule has 0 aliphatic rings. The third-order valence-electron chi connectivity index (χ3n) is 3.87. The number of nitrogens with one attached hydrogen (secondary N) is 1. The highest BCUT2D eigenvalue weighted by Crippen LogP contribution is 2.40. The van der Waals surface area contributed by atoms with Gasteiger partial charge in [-0.3, -0.25) is 4.57 Å². The summed E-state index contributed by atoms with van der Waals surface area (Å²) in [6.45, 7) is 1.78. The van der Waals surface area contributed by atoms with E-state index in [1.807, 2.05) is 54.6 Å². The van der Waals surface area contributed by atoms with Crippen molar-refractivity contribution >= 4 is 13.3 Å². The standard InChI is InChI=1S/C16H18N5O3P/c1-12(16-17-19-20-18-16)21(11-25(22,23)24)15-9-7-14(8-10-15)13-5-3-2-4-6-13/h2-10,12H,11H2,1H3,(H2,22,23,24)(H,17,18,19,20). The number of aromatic amines is 1. The van der Waals surface area contributed by atoms with Crippen molar-refractivity contribution in [3.05, 3.63) is 60.4 Å². The molecule has 2 aromatic carbocycles. The Bertz CT molecular complexity index is 849. The van der Waals surface area contributed by atoms with Gasteiger partial charge in [-0.1, -0.05) is 42.5 Å². The van der Waals surface area contributed by atoms with E-state index < -0.39 is 19.9 Å². The van der Waals surface area contributed by atoms with Crippen molar-refractivity contribution in [2.45, 2.75) is 13.0 Å². The monoisotopic (exact) mass is 359 g/mol. The SMILES string of the molecule is CC(c1nnn[nH]1)N(CP(=O)(O)O)c1ccc(-c2ccccc2)cc1. The van der Waals surface area contributed by atoms with E-state index in [0.29, 0.717) is 11.5 Å². The van der Waals surface area contributed by atoms with Crippen molar-refractivity contribution in [3.8, 4) is 11.1 Å². The molecular weight excluding hydrogens is 341 g/mol. The van der Waals surface area contributed by atoms with Gasteiger partial charge in [-0.2, -0.15) is 0 Å². The van der Waals surface area contributed by atoms with E-state index in [1.165, 1.54) is 0 Å². The Hall–Kier alpha value is -2.54. The largest absolute Gasteiger partial charge is 0.350 e. The summed E-state index contributed by atoms with van der Waals surface area (Å²) in [6.07, 6.45) is -0.431. The molecule has 3 N–H and O–H groups in total. The first kappa shape index (κ1) is 17.3. The molecule has 1 unspecified atom stereocenters. The molecule has 0 aliphatic carbocycles. The number of H-pyrrole nitrogens is 1. The fourth-order valence-corrected chi connectivity index (χ4v) is 3.40. The van der Waals surface area contributed by atoms with Crippen LogP contribution in [0.15, 0.2) is 54.6 Å². The topological polar surface area (TPSA) is 115 Å². The predicted octanol–water partition coefficient (Wildman–Crippen LogP) is 2.57. The number of rotatable bonds is 6. The van der Waals surface area contributed by atoms with Crippen molar-refractivity contribution in [3.63, 3.8) is 0 Å². The fraction of sp³-hybridized carbons (Fsp3) is 0.188. The molecule has 0 fully saturated rings. The summed E-state index contributed by atoms with van der Waals surface area (Å²) in [4.78, 5) is 20.5. The molecule has 8 nitrogen and oxygen atoms in total. The predicted molar refractivity (Wildman–Crippen MR) is 93.9 cm³/mol. The van der Waals surface area contributed by atoms with Crippen LogP contribution in [0.5, 0.6) is 0 Å². The maximum Gasteiger partial charge on any atom is 0.344 e. The minimum Gasteiger partial charge on any atom is -0.350 e. The molecule has 0 spiro atoms. The first-order chi connectivity index (χ1) is 11.9. The van der Waals surface area contributed by atoms with Gasteiger partial charge in [-0.25, -0.2) is 5.10 Å². The molecule has 1 atom stereocenters. The van der Waals surface area contributed by atoms with E-state index in [2.05, 4.69) is 20.6 Å². The van der Waals surface area contributed by atoms with E-state index in [1.54, 1.807) is 11.8 Å². The zero-order chi connectivity index (χ0) is 17.9. The molecule has 1 heterocycles. The van der Waals surface area contributed by atoms with E-state index in [0.717, 1.165) is 11.1 Å². The summed E-state index contributed by atoms with van der Waals surface area (Å²) in [6, 6.07) is 17.0. The van der Waals surface area contributed by atoms with Gasteiger partial charge in [0, 0.05) is 5.69 Å². The number of aromatic nitrogens is 4. The highest BCUT2D eigenvalue weighted by molar-refractivity contribution is 7.51. The van der Waals surface area contributed by atoms with Gasteiger partial charge in [0.2, 0.25) is 0 Å². The van der Waals surface area contributed by atoms with Gasteiger partial charge >= 0.3 is 7.60 Å². The number of tetrazole rings is 1. The van der Waals surface area contributed by atoms with Crippen molar-refractivity contribution in [2.24, 2.45) is 0 Å². The zero-order valence-electron chi connectivity index (χ0n) is 13.5. The quantitative estimate of drug-likeness (QED) is 0.579. The van der Waals surface area contributed by atoms with E-state index in [-0.39, 0.29) is 0 Å². The number of anilines is 1. The average molecular weight is 359 g/mol. The Morgan fingerprint density at radius 3 is 2.28 bits per heavy atom. The van der Waals surface area contributed by atoms with Crippen LogP contribution in [0.3, 0.4) is 0 Å². The molecule has 0 aliphatic heterocycles. The summed E-state index contributed by atoms with van der Waals surface area (Å²) >= 11 is 0. The summed E-state index contributed by atoms with van der Waals surface area (Å²) in [5.74, 6) is 0.431. The van der Waals surface area contributed by atoms with Gasteiger partial charge in [0.15, 0.2) is 5.82 Å². The maximum atomic E-state index is 11.6. The second-order valence-electron chi connectivity index (χ2n) is 5.65. The number of nitrogens with zero attached hydrogens (tertiary/aromatic N) is 4. The van der Waals surface area contributed by atoms with Gasteiger partial charge in [0.05, 0.1) is 6.04 Å². The van der Waals surface area contributed by atoms with E-state index in [4.69, 9.17) is 0 Å². The molecule has 0 saturated carbocycles. The third kappa shape index (κ3) is 4.30. The van der Waals surface area contributed by atoms with Gasteiger partial charge < -0.3 is 14.7 Å². The van der Waals surface area contributed by atoms with Crippen LogP contribution in [0.25, 0.3) is 11.1 Å². The maximum absolute atomic E-state index is 11.6. The Balaban J connectivity index is 1.91. The minimum absolute atomic E-state index is 0.426. The lowest BCUT2D eigenvalue weighted by Gasteiger charge is -2.29. The lowest BCUT2D eigenvalue weighted by molar-refractivity contribution is 0.370. The molecule has 0 bridgehead atoms. The van der Waals surface area contributed by atoms with Crippen molar-refractivity contribution in [1.82, 2.24) is 20.6 Å². The zero-order valence-corrected chi connectivity index (χ0v) is 14.4. The second kappa shape index (κ2) is 7.14. The van der Waals surface area contributed by atoms with Gasteiger partial charge in [0.1, 0.15) is 6.29 Å². The molecule has 0 saturated heterocycles. The van der Waals surface area contributed by atoms with Crippen molar-refractivity contribution in [1.29, 1.82) is 0 Å². The molecule has 25 heavy (non-hydrogen) atoms. The smallest absolute Gasteiger partial charge is 0.344 e. The van der Waals surface area contributed by atoms with Crippen LogP contribution in [0, 0.1) is 0 Å². The Kier molecular flexibility index (Phi) is 4.94. The molecule has 3 aromatic rings. The molecule has 0 amide bonds. The number of hydrogen-bond donors (Lipinski definition) is 3. The normalized spacial score (nSPS) is 12.8. The molecule has 130 valence electrons. The van der Waals surface area contributed by atoms with E-state index >= 15 is 0 Å². The van der Waals surface area contributed by atoms with Crippen LogP contribution >= 0.6 is 7.60 Å². The van der Waals surface area contributed by atoms with E-state index in [9.17, 15) is 14.4 Å². The Labute approximate surface area is 144 Å². The fourth-order valence-electron chi connectivity index (χ4n) is 2.59. The van der Waals surface area contributed by atoms with Crippen LogP contribution in [-0.2, 0) is 4.57 Å². The molecule has 9 heteroatoms. The number of hydrogen-bond acceptors (Lipinski definition) is 5. The van der Waals surface area contributed by atoms with Gasteiger partial charge in [-0.05, 0) is 40.6 Å². The Morgan fingerprint density at radius 1 is 1.08 bits per heavy atom. The van der Waals surface area contributed by atoms with Crippen LogP contribution in [0.1, 0.15) is 18.8 Å². The van der Waals surface area contributed by atoms with Crippen LogP contribution < -0.4 is 4.90 Å². The van der Waals surface area contributed by atoms with Crippen LogP contribution in [-0.4, -0.2) is 36.7 Å². The second-order valence-corrected chi connectivity index (χ2v) is 7.26. The lowest BCUT2D eigenvalue weighted by atomic mass is 10.1. The third-order valence-corrected chi connectivity index (χ3v) is 4.54. The first-order valence-corrected chi connectivity index (χ1v) is 9.44. The molecular formula is C16H18N5O3P. The summed E-state index contributed by atoms with van der Waals surface area (Å²) < 4.78 is 11.6. The van der Waals surface area contributed by atoms with Crippen molar-refractivity contribution < 1.29 is 14.4 Å². The average Bonchev–Trinajstić information content (AvgIpc) is 3.14. The minimum atomic E-state index is -4.27. The summed E-state index contributed by atoms with van der Waals surface area (Å²) in [5.41, 5.74) is 2.77. The number of benzene rings is 2. The van der Waals surface area contributed by atoms with Crippen LogP contribution in [0.4, 0.5) is 5.69 Å². The molecule has 0 radical (unpaired) electrons. The van der Waals surface area contributed by atoms with Crippen molar-refractivity contribution in [2.75, 3.05) is 11.2 Å². The van der Waals surface area contributed by atoms with Gasteiger partial charge in [0.25, 0.3) is 0 Å². The molecule has 3 rings (SSSR count). The highest BCUT2D eigenvalue weighted by Gasteiger charge is 2.26. The highest BCUT2D eigenvalue weighted by atomic mass is 31.2.